The average Bonchev–Trinajstić information content (AvgIpc) is 2.26. The maximum Gasteiger partial charge on any atom is 0.269 e. The van der Waals surface area contributed by atoms with Gasteiger partial charge in [-0.15, -0.1) is 0 Å². The number of hydroxylamine groups is 1. The fourth-order valence-corrected chi connectivity index (χ4v) is 1.07. The van der Waals surface area contributed by atoms with Crippen LogP contribution in [-0.2, 0) is 11.2 Å². The van der Waals surface area contributed by atoms with Crippen molar-refractivity contribution in [3.8, 4) is 0 Å². The lowest BCUT2D eigenvalue weighted by atomic mass is 10.1. The van der Waals surface area contributed by atoms with E-state index in [-0.39, 0.29) is 0 Å². The van der Waals surface area contributed by atoms with Crippen LogP contribution in [0.3, 0.4) is 0 Å². The van der Waals surface area contributed by atoms with Gasteiger partial charge in [0.2, 0.25) is 0 Å². The first-order chi connectivity index (χ1) is 6.74. The van der Waals surface area contributed by atoms with E-state index in [1.807, 2.05) is 30.3 Å². The Balaban J connectivity index is 2.59. The molecule has 0 aliphatic rings. The van der Waals surface area contributed by atoms with E-state index < -0.39 is 5.91 Å². The molecule has 3 heteroatoms. The first-order valence-electron chi connectivity index (χ1n) is 4.39. The number of rotatable bonds is 3. The largest absolute Gasteiger partial charge is 0.288 e. The molecule has 0 saturated heterocycles. The molecule has 0 aliphatic carbocycles. The minimum atomic E-state index is -0.457. The number of benzene rings is 1. The fraction of sp³-hybridized carbons (Fsp3) is 0.182. The number of hydrogen-bond acceptors (Lipinski definition) is 2. The topological polar surface area (TPSA) is 49.3 Å². The van der Waals surface area contributed by atoms with Gasteiger partial charge in [-0.1, -0.05) is 36.4 Å². The Hall–Kier alpha value is -1.61. The first-order valence-corrected chi connectivity index (χ1v) is 4.39. The van der Waals surface area contributed by atoms with Crippen LogP contribution in [0.15, 0.2) is 42.0 Å². The van der Waals surface area contributed by atoms with Crippen LogP contribution in [0.5, 0.6) is 0 Å². The molecule has 1 aromatic carbocycles. The lowest BCUT2D eigenvalue weighted by Gasteiger charge is -1.98. The predicted molar refractivity (Wildman–Crippen MR) is 53.8 cm³/mol. The third-order valence-corrected chi connectivity index (χ3v) is 1.95. The lowest BCUT2D eigenvalue weighted by Crippen LogP contribution is -2.19. The summed E-state index contributed by atoms with van der Waals surface area (Å²) in [5, 5.41) is 8.36. The monoisotopic (exact) mass is 191 g/mol. The number of allylic oxidation sites excluding steroid dienone is 1. The van der Waals surface area contributed by atoms with E-state index >= 15 is 0 Å². The van der Waals surface area contributed by atoms with Gasteiger partial charge in [0.05, 0.1) is 0 Å². The third-order valence-electron chi connectivity index (χ3n) is 1.95. The Kier molecular flexibility index (Phi) is 3.88. The molecule has 3 nitrogen and oxygen atoms in total. The van der Waals surface area contributed by atoms with Crippen molar-refractivity contribution in [2.45, 2.75) is 13.3 Å². The smallest absolute Gasteiger partial charge is 0.269 e. The highest BCUT2D eigenvalue weighted by atomic mass is 16.5. The Labute approximate surface area is 83.0 Å². The maximum absolute atomic E-state index is 10.9. The van der Waals surface area contributed by atoms with E-state index in [0.29, 0.717) is 12.0 Å². The van der Waals surface area contributed by atoms with Gasteiger partial charge in [0.25, 0.3) is 5.91 Å². The van der Waals surface area contributed by atoms with Crippen LogP contribution < -0.4 is 5.48 Å². The molecule has 0 aromatic heterocycles. The van der Waals surface area contributed by atoms with E-state index in [1.165, 1.54) is 0 Å². The van der Waals surface area contributed by atoms with Crippen molar-refractivity contribution >= 4 is 5.91 Å². The summed E-state index contributed by atoms with van der Waals surface area (Å²) in [6.07, 6.45) is 2.47. The van der Waals surface area contributed by atoms with Crippen molar-refractivity contribution in [2.24, 2.45) is 0 Å². The molecule has 74 valence electrons. The molecule has 0 aliphatic heterocycles. The van der Waals surface area contributed by atoms with Crippen molar-refractivity contribution in [3.63, 3.8) is 0 Å². The van der Waals surface area contributed by atoms with Crippen LogP contribution in [0, 0.1) is 0 Å². The van der Waals surface area contributed by atoms with Crippen molar-refractivity contribution in [2.75, 3.05) is 0 Å². The number of amides is 1. The number of carbonyl (C=O) groups is 1. The summed E-state index contributed by atoms with van der Waals surface area (Å²) in [4.78, 5) is 10.9. The molecule has 0 unspecified atom stereocenters. The molecule has 0 heterocycles. The second-order valence-corrected chi connectivity index (χ2v) is 3.02. The molecule has 0 radical (unpaired) electrons. The van der Waals surface area contributed by atoms with Gasteiger partial charge in [-0.3, -0.25) is 10.0 Å². The van der Waals surface area contributed by atoms with Gasteiger partial charge in [-0.25, -0.2) is 5.48 Å². The Bertz CT molecular complexity index is 330. The summed E-state index contributed by atoms with van der Waals surface area (Å²) in [6, 6.07) is 9.82. The van der Waals surface area contributed by atoms with Gasteiger partial charge in [0.15, 0.2) is 0 Å². The maximum atomic E-state index is 10.9. The number of hydrogen-bond donors (Lipinski definition) is 2. The highest BCUT2D eigenvalue weighted by molar-refractivity contribution is 5.91. The first kappa shape index (κ1) is 10.5. The SMILES string of the molecule is CC(=CCc1ccccc1)C(=O)NO. The zero-order valence-corrected chi connectivity index (χ0v) is 8.03. The molecular weight excluding hydrogens is 178 g/mol. The molecule has 0 fully saturated rings. The highest BCUT2D eigenvalue weighted by Crippen LogP contribution is 2.02. The third kappa shape index (κ3) is 3.03. The summed E-state index contributed by atoms with van der Waals surface area (Å²) in [5.41, 5.74) is 3.24. The van der Waals surface area contributed by atoms with Crippen LogP contribution in [-0.4, -0.2) is 11.1 Å². The summed E-state index contributed by atoms with van der Waals surface area (Å²) >= 11 is 0. The van der Waals surface area contributed by atoms with Crippen molar-refractivity contribution < 1.29 is 10.0 Å². The molecule has 2 N–H and O–H groups in total. The minimum absolute atomic E-state index is 0.457. The minimum Gasteiger partial charge on any atom is -0.288 e. The summed E-state index contributed by atoms with van der Waals surface area (Å²) < 4.78 is 0. The zero-order chi connectivity index (χ0) is 10.4. The van der Waals surface area contributed by atoms with E-state index in [4.69, 9.17) is 5.21 Å². The quantitative estimate of drug-likeness (QED) is 0.434. The lowest BCUT2D eigenvalue weighted by molar-refractivity contribution is -0.125. The second-order valence-electron chi connectivity index (χ2n) is 3.02. The van der Waals surface area contributed by atoms with Gasteiger partial charge in [0, 0.05) is 5.57 Å². The zero-order valence-electron chi connectivity index (χ0n) is 8.03. The van der Waals surface area contributed by atoms with Crippen LogP contribution in [0.25, 0.3) is 0 Å². The van der Waals surface area contributed by atoms with Gasteiger partial charge < -0.3 is 0 Å². The van der Waals surface area contributed by atoms with Gasteiger partial charge in [-0.05, 0) is 18.9 Å². The van der Waals surface area contributed by atoms with Crippen molar-refractivity contribution in [3.05, 3.63) is 47.5 Å². The Morgan fingerprint density at radius 3 is 2.64 bits per heavy atom. The Morgan fingerprint density at radius 1 is 1.43 bits per heavy atom. The van der Waals surface area contributed by atoms with Crippen LogP contribution in [0.4, 0.5) is 0 Å². The second kappa shape index (κ2) is 5.19. The van der Waals surface area contributed by atoms with E-state index in [2.05, 4.69) is 0 Å². The van der Waals surface area contributed by atoms with Crippen molar-refractivity contribution in [1.82, 2.24) is 5.48 Å². The Morgan fingerprint density at radius 2 is 2.07 bits per heavy atom. The fourth-order valence-electron chi connectivity index (χ4n) is 1.07. The normalized spacial score (nSPS) is 11.1. The van der Waals surface area contributed by atoms with Crippen LogP contribution >= 0.6 is 0 Å². The molecule has 14 heavy (non-hydrogen) atoms. The molecule has 1 aromatic rings. The van der Waals surface area contributed by atoms with Gasteiger partial charge in [-0.2, -0.15) is 0 Å². The molecule has 0 bridgehead atoms. The highest BCUT2D eigenvalue weighted by Gasteiger charge is 2.00. The predicted octanol–water partition coefficient (Wildman–Crippen LogP) is 1.68. The standard InChI is InChI=1S/C11H13NO2/c1-9(11(13)12-14)7-8-10-5-3-2-4-6-10/h2-7,14H,8H2,1H3,(H,12,13). The molecule has 0 saturated carbocycles. The summed E-state index contributed by atoms with van der Waals surface area (Å²) in [6.45, 7) is 1.66. The van der Waals surface area contributed by atoms with Crippen molar-refractivity contribution in [1.29, 1.82) is 0 Å². The molecule has 0 spiro atoms. The van der Waals surface area contributed by atoms with Gasteiger partial charge >= 0.3 is 0 Å². The number of nitrogens with one attached hydrogen (secondary N) is 1. The van der Waals surface area contributed by atoms with Gasteiger partial charge in [0.1, 0.15) is 0 Å². The summed E-state index contributed by atoms with van der Waals surface area (Å²) in [5.74, 6) is -0.457. The van der Waals surface area contributed by atoms with Crippen LogP contribution in [0.1, 0.15) is 12.5 Å². The van der Waals surface area contributed by atoms with E-state index in [0.717, 1.165) is 5.56 Å². The summed E-state index contributed by atoms with van der Waals surface area (Å²) in [7, 11) is 0. The van der Waals surface area contributed by atoms with E-state index in [9.17, 15) is 4.79 Å². The molecule has 1 rings (SSSR count). The van der Waals surface area contributed by atoms with E-state index in [1.54, 1.807) is 18.5 Å². The molecule has 1 amide bonds. The average molecular weight is 191 g/mol. The van der Waals surface area contributed by atoms with Crippen LogP contribution in [0.2, 0.25) is 0 Å². The molecular formula is C11H13NO2. The molecule has 0 atom stereocenters. The number of carbonyl (C=O) groups excluding carboxylic acids is 1.